The molecule has 1 N–H and O–H groups in total. The van der Waals surface area contributed by atoms with Gasteiger partial charge in [0.15, 0.2) is 0 Å². The van der Waals surface area contributed by atoms with Gasteiger partial charge in [0.2, 0.25) is 0 Å². The molecule has 0 bridgehead atoms. The number of para-hydroxylation sites is 1. The second-order valence-corrected chi connectivity index (χ2v) is 2.39. The number of benzene rings is 1. The van der Waals surface area contributed by atoms with E-state index in [-0.39, 0.29) is 28.9 Å². The first-order valence-corrected chi connectivity index (χ1v) is 3.62. The normalized spacial score (nSPS) is 8.64. The summed E-state index contributed by atoms with van der Waals surface area (Å²) in [7, 11) is 0. The molecule has 1 aromatic rings. The van der Waals surface area contributed by atoms with Crippen molar-refractivity contribution < 1.29 is 19.4 Å². The fraction of sp³-hybridized carbons (Fsp3) is 0.111. The maximum atomic E-state index is 10.6. The van der Waals surface area contributed by atoms with Gasteiger partial charge >= 0.3 is 29.5 Å². The van der Waals surface area contributed by atoms with Gasteiger partial charge in [-0.3, -0.25) is 4.79 Å². The molecule has 0 radical (unpaired) electrons. The molecule has 0 aliphatic rings. The van der Waals surface area contributed by atoms with Crippen molar-refractivity contribution in [3.8, 4) is 5.75 Å². The van der Waals surface area contributed by atoms with E-state index in [9.17, 15) is 9.59 Å². The van der Waals surface area contributed by atoms with Crippen LogP contribution in [0.1, 0.15) is 17.3 Å². The van der Waals surface area contributed by atoms with Crippen LogP contribution >= 0.6 is 0 Å². The van der Waals surface area contributed by atoms with Gasteiger partial charge in [-0.1, -0.05) is 12.1 Å². The zero-order valence-electron chi connectivity index (χ0n) is 6.98. The standard InChI is InChI=1S/C9H8O4.GeH4/c1-6(10)13-8-5-3-2-4-7(8)9(11)12;/h2-5H,1H3,(H,11,12);1H4. The molecule has 0 aliphatic carbocycles. The predicted octanol–water partition coefficient (Wildman–Crippen LogP) is -0.142. The maximum absolute atomic E-state index is 10.6. The zero-order chi connectivity index (χ0) is 9.84. The van der Waals surface area contributed by atoms with Gasteiger partial charge < -0.3 is 9.84 Å². The van der Waals surface area contributed by atoms with Gasteiger partial charge in [0.05, 0.1) is 0 Å². The number of carbonyl (C=O) groups excluding carboxylic acids is 1. The molecule has 0 amide bonds. The Balaban J connectivity index is 0.00000169. The summed E-state index contributed by atoms with van der Waals surface area (Å²) in [5.74, 6) is -1.58. The number of ether oxygens (including phenoxy) is 1. The fourth-order valence-corrected chi connectivity index (χ4v) is 0.887. The zero-order valence-corrected chi connectivity index (χ0v) is 6.98. The Hall–Kier alpha value is -1.30. The van der Waals surface area contributed by atoms with Crippen molar-refractivity contribution in [3.63, 3.8) is 0 Å². The van der Waals surface area contributed by atoms with E-state index in [1.165, 1.54) is 19.1 Å². The molecular formula is C9H12GeO4. The van der Waals surface area contributed by atoms with Crippen LogP contribution < -0.4 is 4.74 Å². The predicted molar refractivity (Wildman–Crippen MR) is 56.0 cm³/mol. The Bertz CT molecular complexity index is 348. The average molecular weight is 257 g/mol. The van der Waals surface area contributed by atoms with E-state index < -0.39 is 11.9 Å². The minimum absolute atomic E-state index is 0. The van der Waals surface area contributed by atoms with E-state index in [1.54, 1.807) is 12.1 Å². The number of rotatable bonds is 2. The summed E-state index contributed by atoms with van der Waals surface area (Å²) in [4.78, 5) is 21.2. The molecule has 0 saturated heterocycles. The topological polar surface area (TPSA) is 63.6 Å². The number of carboxylic acid groups (broad SMARTS) is 1. The van der Waals surface area contributed by atoms with Gasteiger partial charge in [0.1, 0.15) is 11.3 Å². The molecule has 5 heteroatoms. The van der Waals surface area contributed by atoms with Gasteiger partial charge in [-0.25, -0.2) is 4.79 Å². The van der Waals surface area contributed by atoms with Gasteiger partial charge in [-0.05, 0) is 12.1 Å². The van der Waals surface area contributed by atoms with Crippen LogP contribution in [0.4, 0.5) is 0 Å². The monoisotopic (exact) mass is 258 g/mol. The average Bonchev–Trinajstić information content (AvgIpc) is 2.03. The molecule has 0 unspecified atom stereocenters. The van der Waals surface area contributed by atoms with Crippen molar-refractivity contribution in [1.82, 2.24) is 0 Å². The molecule has 0 saturated carbocycles. The number of hydrogen-bond donors (Lipinski definition) is 1. The van der Waals surface area contributed by atoms with Crippen LogP contribution in [0.3, 0.4) is 0 Å². The van der Waals surface area contributed by atoms with Crippen molar-refractivity contribution in [2.45, 2.75) is 6.92 Å². The third kappa shape index (κ3) is 3.22. The van der Waals surface area contributed by atoms with Crippen LogP contribution in [0.15, 0.2) is 24.3 Å². The van der Waals surface area contributed by atoms with Crippen molar-refractivity contribution in [2.75, 3.05) is 0 Å². The van der Waals surface area contributed by atoms with Crippen LogP contribution in [-0.4, -0.2) is 34.6 Å². The van der Waals surface area contributed by atoms with Gasteiger partial charge in [-0.2, -0.15) is 0 Å². The Morgan fingerprint density at radius 3 is 2.36 bits per heavy atom. The molecule has 0 atom stereocenters. The van der Waals surface area contributed by atoms with Crippen LogP contribution in [0.2, 0.25) is 0 Å². The van der Waals surface area contributed by atoms with Crippen LogP contribution in [0, 0.1) is 0 Å². The van der Waals surface area contributed by atoms with E-state index in [0.717, 1.165) is 0 Å². The minimum atomic E-state index is -1.11. The second-order valence-electron chi connectivity index (χ2n) is 2.39. The number of aromatic carboxylic acids is 1. The van der Waals surface area contributed by atoms with Crippen molar-refractivity contribution in [1.29, 1.82) is 0 Å². The summed E-state index contributed by atoms with van der Waals surface area (Å²) in [6, 6.07) is 5.98. The first-order valence-electron chi connectivity index (χ1n) is 3.62. The van der Waals surface area contributed by atoms with E-state index in [4.69, 9.17) is 5.11 Å². The molecule has 0 spiro atoms. The molecule has 14 heavy (non-hydrogen) atoms. The van der Waals surface area contributed by atoms with E-state index in [0.29, 0.717) is 0 Å². The number of hydrogen-bond acceptors (Lipinski definition) is 3. The van der Waals surface area contributed by atoms with Crippen LogP contribution in [0.25, 0.3) is 0 Å². The summed E-state index contributed by atoms with van der Waals surface area (Å²) in [5.41, 5.74) is -0.0160. The van der Waals surface area contributed by atoms with E-state index >= 15 is 0 Å². The van der Waals surface area contributed by atoms with E-state index in [2.05, 4.69) is 4.74 Å². The van der Waals surface area contributed by atoms with Crippen molar-refractivity contribution >= 4 is 29.5 Å². The Labute approximate surface area is 91.9 Å². The summed E-state index contributed by atoms with van der Waals surface area (Å²) < 4.78 is 4.69. The Kier molecular flexibility index (Phi) is 4.93. The molecule has 0 heterocycles. The number of carbonyl (C=O) groups is 2. The SMILES string of the molecule is CC(=O)Oc1ccccc1C(=O)O.[GeH4]. The first kappa shape index (κ1) is 12.7. The van der Waals surface area contributed by atoms with Crippen molar-refractivity contribution in [2.24, 2.45) is 0 Å². The molecule has 76 valence electrons. The van der Waals surface area contributed by atoms with Crippen LogP contribution in [0.5, 0.6) is 5.75 Å². The molecular weight excluding hydrogens is 245 g/mol. The summed E-state index contributed by atoms with van der Waals surface area (Å²) in [6.07, 6.45) is 0. The summed E-state index contributed by atoms with van der Waals surface area (Å²) in [6.45, 7) is 1.22. The molecule has 0 fully saturated rings. The molecule has 1 aromatic carbocycles. The van der Waals surface area contributed by atoms with Crippen molar-refractivity contribution in [3.05, 3.63) is 29.8 Å². The van der Waals surface area contributed by atoms with E-state index in [1.807, 2.05) is 0 Å². The van der Waals surface area contributed by atoms with Gasteiger partial charge in [-0.15, -0.1) is 0 Å². The van der Waals surface area contributed by atoms with Gasteiger partial charge in [0, 0.05) is 6.92 Å². The fourth-order valence-electron chi connectivity index (χ4n) is 0.887. The molecule has 4 nitrogen and oxygen atoms in total. The second kappa shape index (κ2) is 5.44. The summed E-state index contributed by atoms with van der Waals surface area (Å²) >= 11 is 0. The Morgan fingerprint density at radius 2 is 1.86 bits per heavy atom. The Morgan fingerprint density at radius 1 is 1.29 bits per heavy atom. The van der Waals surface area contributed by atoms with Gasteiger partial charge in [0.25, 0.3) is 0 Å². The number of carboxylic acids is 1. The van der Waals surface area contributed by atoms with Crippen LogP contribution in [-0.2, 0) is 4.79 Å². The molecule has 0 aromatic heterocycles. The quantitative estimate of drug-likeness (QED) is 0.455. The third-order valence-electron chi connectivity index (χ3n) is 1.37. The number of esters is 1. The summed E-state index contributed by atoms with van der Waals surface area (Å²) in [5, 5.41) is 8.69. The molecule has 0 aliphatic heterocycles. The first-order chi connectivity index (χ1) is 6.11. The molecule has 1 rings (SSSR count). The third-order valence-corrected chi connectivity index (χ3v) is 1.37.